The molecule has 0 saturated carbocycles. The van der Waals surface area contributed by atoms with Crippen molar-refractivity contribution in [3.05, 3.63) is 24.0 Å². The number of pyridine rings is 1. The largest absolute Gasteiger partial charge is 0.387 e. The lowest BCUT2D eigenvalue weighted by molar-refractivity contribution is 0.154. The zero-order valence-electron chi connectivity index (χ0n) is 10.9. The molecule has 1 aromatic rings. The maximum atomic E-state index is 9.39. The highest BCUT2D eigenvalue weighted by molar-refractivity contribution is 5.44. The third kappa shape index (κ3) is 4.32. The molecule has 0 amide bonds. The molecule has 1 heterocycles. The van der Waals surface area contributed by atoms with Gasteiger partial charge in [-0.15, -0.1) is 0 Å². The molecule has 0 aliphatic rings. The van der Waals surface area contributed by atoms with Gasteiger partial charge in [-0.2, -0.15) is 0 Å². The molecule has 0 saturated heterocycles. The minimum absolute atomic E-state index is 0.512. The summed E-state index contributed by atoms with van der Waals surface area (Å²) < 4.78 is 5.35. The normalized spacial score (nSPS) is 12.5. The van der Waals surface area contributed by atoms with Gasteiger partial charge in [0.15, 0.2) is 0 Å². The Labute approximate surface area is 103 Å². The highest BCUT2D eigenvalue weighted by atomic mass is 16.5. The van der Waals surface area contributed by atoms with Crippen LogP contribution in [-0.4, -0.2) is 36.4 Å². The first kappa shape index (κ1) is 13.9. The van der Waals surface area contributed by atoms with Crippen molar-refractivity contribution in [2.75, 3.05) is 31.2 Å². The van der Waals surface area contributed by atoms with Crippen molar-refractivity contribution >= 4 is 5.69 Å². The lowest BCUT2D eigenvalue weighted by atomic mass is 10.2. The molecule has 96 valence electrons. The molecule has 0 aliphatic carbocycles. The summed E-state index contributed by atoms with van der Waals surface area (Å²) in [6, 6.07) is 3.85. The SMILES string of the molecule is CCOCCN(CC)c1ccc(C(C)O)nc1. The van der Waals surface area contributed by atoms with Gasteiger partial charge in [0.2, 0.25) is 0 Å². The van der Waals surface area contributed by atoms with Crippen molar-refractivity contribution in [3.8, 4) is 0 Å². The second-order valence-corrected chi connectivity index (χ2v) is 3.89. The summed E-state index contributed by atoms with van der Waals surface area (Å²) in [7, 11) is 0. The summed E-state index contributed by atoms with van der Waals surface area (Å²) in [5.74, 6) is 0. The standard InChI is InChI=1S/C13H22N2O2/c1-4-15(8-9-17-5-2)12-6-7-13(11(3)16)14-10-12/h6-7,10-11,16H,4-5,8-9H2,1-3H3. The predicted octanol–water partition coefficient (Wildman–Crippen LogP) is 2.00. The zero-order valence-corrected chi connectivity index (χ0v) is 10.9. The number of hydrogen-bond donors (Lipinski definition) is 1. The Kier molecular flexibility index (Phi) is 5.94. The van der Waals surface area contributed by atoms with Crippen LogP contribution in [0.15, 0.2) is 18.3 Å². The molecule has 4 nitrogen and oxygen atoms in total. The first-order valence-corrected chi connectivity index (χ1v) is 6.15. The van der Waals surface area contributed by atoms with Gasteiger partial charge in [0.25, 0.3) is 0 Å². The van der Waals surface area contributed by atoms with Gasteiger partial charge in [0, 0.05) is 19.7 Å². The van der Waals surface area contributed by atoms with Gasteiger partial charge >= 0.3 is 0 Å². The van der Waals surface area contributed by atoms with E-state index in [2.05, 4.69) is 16.8 Å². The smallest absolute Gasteiger partial charge is 0.0931 e. The molecule has 1 atom stereocenters. The number of likely N-dealkylation sites (N-methyl/N-ethyl adjacent to an activating group) is 1. The van der Waals surface area contributed by atoms with Crippen LogP contribution in [0.2, 0.25) is 0 Å². The fourth-order valence-corrected chi connectivity index (χ4v) is 1.62. The van der Waals surface area contributed by atoms with E-state index >= 15 is 0 Å². The minimum Gasteiger partial charge on any atom is -0.387 e. The maximum absolute atomic E-state index is 9.39. The summed E-state index contributed by atoms with van der Waals surface area (Å²) in [5.41, 5.74) is 1.77. The van der Waals surface area contributed by atoms with E-state index < -0.39 is 6.10 Å². The molecule has 1 N–H and O–H groups in total. The fraction of sp³-hybridized carbons (Fsp3) is 0.615. The molecular formula is C13H22N2O2. The molecule has 0 spiro atoms. The summed E-state index contributed by atoms with van der Waals surface area (Å²) in [5, 5.41) is 9.39. The van der Waals surface area contributed by atoms with Crippen molar-refractivity contribution in [1.82, 2.24) is 4.98 Å². The Hall–Kier alpha value is -1.13. The van der Waals surface area contributed by atoms with Gasteiger partial charge < -0.3 is 14.7 Å². The van der Waals surface area contributed by atoms with Gasteiger partial charge in [-0.1, -0.05) is 0 Å². The van der Waals surface area contributed by atoms with E-state index in [1.165, 1.54) is 0 Å². The van der Waals surface area contributed by atoms with Crippen molar-refractivity contribution < 1.29 is 9.84 Å². The number of aromatic nitrogens is 1. The van der Waals surface area contributed by atoms with Gasteiger partial charge in [0.05, 0.1) is 30.3 Å². The van der Waals surface area contributed by atoms with Gasteiger partial charge in [-0.3, -0.25) is 4.98 Å². The quantitative estimate of drug-likeness (QED) is 0.738. The van der Waals surface area contributed by atoms with E-state index in [0.717, 1.165) is 32.0 Å². The molecule has 1 aromatic heterocycles. The second kappa shape index (κ2) is 7.25. The van der Waals surface area contributed by atoms with E-state index in [1.807, 2.05) is 19.1 Å². The number of nitrogens with zero attached hydrogens (tertiary/aromatic N) is 2. The second-order valence-electron chi connectivity index (χ2n) is 3.89. The van der Waals surface area contributed by atoms with Crippen molar-refractivity contribution in [3.63, 3.8) is 0 Å². The molecule has 0 radical (unpaired) electrons. The van der Waals surface area contributed by atoms with Crippen LogP contribution in [0.25, 0.3) is 0 Å². The van der Waals surface area contributed by atoms with E-state index in [9.17, 15) is 5.11 Å². The molecule has 0 aliphatic heterocycles. The topological polar surface area (TPSA) is 45.6 Å². The Morgan fingerprint density at radius 3 is 2.65 bits per heavy atom. The number of hydrogen-bond acceptors (Lipinski definition) is 4. The van der Waals surface area contributed by atoms with Gasteiger partial charge in [-0.25, -0.2) is 0 Å². The number of rotatable bonds is 7. The molecule has 4 heteroatoms. The van der Waals surface area contributed by atoms with Crippen LogP contribution < -0.4 is 4.90 Å². The first-order valence-electron chi connectivity index (χ1n) is 6.15. The van der Waals surface area contributed by atoms with Crippen LogP contribution in [0, 0.1) is 0 Å². The third-order valence-electron chi connectivity index (χ3n) is 2.66. The van der Waals surface area contributed by atoms with Crippen LogP contribution >= 0.6 is 0 Å². The summed E-state index contributed by atoms with van der Waals surface area (Å²) in [4.78, 5) is 6.45. The number of ether oxygens (including phenoxy) is 1. The Bertz CT molecular complexity index is 312. The number of anilines is 1. The summed E-state index contributed by atoms with van der Waals surface area (Å²) >= 11 is 0. The molecule has 0 aromatic carbocycles. The lowest BCUT2D eigenvalue weighted by Crippen LogP contribution is -2.27. The summed E-state index contributed by atoms with van der Waals surface area (Å²) in [6.07, 6.45) is 1.29. The van der Waals surface area contributed by atoms with Crippen LogP contribution in [0.1, 0.15) is 32.6 Å². The monoisotopic (exact) mass is 238 g/mol. The van der Waals surface area contributed by atoms with E-state index in [-0.39, 0.29) is 0 Å². The average Bonchev–Trinajstić information content (AvgIpc) is 2.35. The summed E-state index contributed by atoms with van der Waals surface area (Å²) in [6.45, 7) is 9.07. The predicted molar refractivity (Wildman–Crippen MR) is 69.3 cm³/mol. The first-order chi connectivity index (χ1) is 8.19. The van der Waals surface area contributed by atoms with Crippen LogP contribution in [0.4, 0.5) is 5.69 Å². The van der Waals surface area contributed by atoms with Crippen molar-refractivity contribution in [2.24, 2.45) is 0 Å². The Morgan fingerprint density at radius 1 is 1.41 bits per heavy atom. The van der Waals surface area contributed by atoms with E-state index in [1.54, 1.807) is 13.1 Å². The van der Waals surface area contributed by atoms with Gasteiger partial charge in [0.1, 0.15) is 0 Å². The minimum atomic E-state index is -0.512. The molecule has 17 heavy (non-hydrogen) atoms. The zero-order chi connectivity index (χ0) is 12.7. The van der Waals surface area contributed by atoms with Crippen LogP contribution in [-0.2, 0) is 4.74 Å². The highest BCUT2D eigenvalue weighted by Gasteiger charge is 2.06. The van der Waals surface area contributed by atoms with E-state index in [0.29, 0.717) is 5.69 Å². The number of aliphatic hydroxyl groups excluding tert-OH is 1. The average molecular weight is 238 g/mol. The Balaban J connectivity index is 2.62. The fourth-order valence-electron chi connectivity index (χ4n) is 1.62. The third-order valence-corrected chi connectivity index (χ3v) is 2.66. The Morgan fingerprint density at radius 2 is 2.18 bits per heavy atom. The molecule has 1 unspecified atom stereocenters. The maximum Gasteiger partial charge on any atom is 0.0931 e. The number of aliphatic hydroxyl groups is 1. The molecular weight excluding hydrogens is 216 g/mol. The molecule has 0 fully saturated rings. The van der Waals surface area contributed by atoms with Crippen molar-refractivity contribution in [2.45, 2.75) is 26.9 Å². The molecule has 0 bridgehead atoms. The van der Waals surface area contributed by atoms with E-state index in [4.69, 9.17) is 4.74 Å². The van der Waals surface area contributed by atoms with Crippen molar-refractivity contribution in [1.29, 1.82) is 0 Å². The van der Waals surface area contributed by atoms with Gasteiger partial charge in [-0.05, 0) is 32.9 Å². The molecule has 1 rings (SSSR count). The van der Waals surface area contributed by atoms with Crippen LogP contribution in [0.5, 0.6) is 0 Å². The van der Waals surface area contributed by atoms with Crippen LogP contribution in [0.3, 0.4) is 0 Å². The lowest BCUT2D eigenvalue weighted by Gasteiger charge is -2.22. The highest BCUT2D eigenvalue weighted by Crippen LogP contribution is 2.15.